The fraction of sp³-hybridized carbons (Fsp3) is 0.419. The van der Waals surface area contributed by atoms with Crippen molar-refractivity contribution in [2.45, 2.75) is 64.1 Å². The molecule has 3 aromatic rings. The normalized spacial score (nSPS) is 14.2. The maximum atomic E-state index is 13.0. The number of nitrogens with zero attached hydrogens (tertiary/aromatic N) is 3. The van der Waals surface area contributed by atoms with Gasteiger partial charge in [-0.2, -0.15) is 0 Å². The van der Waals surface area contributed by atoms with Gasteiger partial charge < -0.3 is 29.0 Å². The molecule has 1 N–H and O–H groups in total. The largest absolute Gasteiger partial charge is 0.493 e. The molecule has 0 aliphatic heterocycles. The Morgan fingerprint density at radius 1 is 1.07 bits per heavy atom. The Kier molecular flexibility index (Phi) is 9.39. The van der Waals surface area contributed by atoms with Gasteiger partial charge in [-0.05, 0) is 82.3 Å². The van der Waals surface area contributed by atoms with Gasteiger partial charge in [0.1, 0.15) is 17.2 Å². The first-order valence-corrected chi connectivity index (χ1v) is 13.8. The van der Waals surface area contributed by atoms with Crippen molar-refractivity contribution in [3.63, 3.8) is 0 Å². The first-order valence-electron chi connectivity index (χ1n) is 13.8. The summed E-state index contributed by atoms with van der Waals surface area (Å²) in [7, 11) is 3.13. The van der Waals surface area contributed by atoms with Crippen molar-refractivity contribution in [1.82, 2.24) is 14.5 Å². The molecule has 1 heterocycles. The van der Waals surface area contributed by atoms with E-state index in [1.165, 1.54) is 17.3 Å². The molecule has 1 unspecified atom stereocenters. The minimum Gasteiger partial charge on any atom is -0.493 e. The average Bonchev–Trinajstić information content (AvgIpc) is 3.64. The fourth-order valence-corrected chi connectivity index (χ4v) is 4.77. The van der Waals surface area contributed by atoms with Crippen molar-refractivity contribution in [3.05, 3.63) is 71.8 Å². The Bertz CT molecular complexity index is 1400. The van der Waals surface area contributed by atoms with Gasteiger partial charge in [0.25, 0.3) is 0 Å². The van der Waals surface area contributed by atoms with Crippen LogP contribution in [0.1, 0.15) is 74.1 Å². The number of imidazole rings is 1. The van der Waals surface area contributed by atoms with E-state index < -0.39 is 29.7 Å². The van der Waals surface area contributed by atoms with Crippen molar-refractivity contribution in [1.29, 1.82) is 0 Å². The lowest BCUT2D eigenvalue weighted by Gasteiger charge is -2.27. The minimum atomic E-state index is -1.20. The van der Waals surface area contributed by atoms with Crippen molar-refractivity contribution in [3.8, 4) is 17.2 Å². The molecular formula is C31H37N3O8. The van der Waals surface area contributed by atoms with Crippen LogP contribution in [-0.2, 0) is 4.74 Å². The molecule has 11 nitrogen and oxygen atoms in total. The second-order valence-electron chi connectivity index (χ2n) is 11.2. The van der Waals surface area contributed by atoms with Gasteiger partial charge >= 0.3 is 18.2 Å². The molecule has 1 atom stereocenters. The molecular weight excluding hydrogens is 542 g/mol. The van der Waals surface area contributed by atoms with E-state index in [9.17, 15) is 19.5 Å². The van der Waals surface area contributed by atoms with Crippen LogP contribution in [0.5, 0.6) is 17.2 Å². The number of esters is 1. The number of rotatable bonds is 9. The number of benzene rings is 2. The number of ether oxygens (including phenoxy) is 4. The first kappa shape index (κ1) is 30.4. The monoisotopic (exact) mass is 579 g/mol. The SMILES string of the molecule is COc1ccc(C(=O)Oc2ccc(C(CN(C)C(=O)OC(C)(C)C)c3nccn3C(=O)O)cc2)cc1OC1CCCC1. The Labute approximate surface area is 245 Å². The van der Waals surface area contributed by atoms with E-state index >= 15 is 0 Å². The van der Waals surface area contributed by atoms with Crippen molar-refractivity contribution in [2.75, 3.05) is 20.7 Å². The molecule has 0 saturated heterocycles. The standard InChI is InChI=1S/C31H37N3O8/c1-31(2,3)42-30(38)33(4)19-24(27-32-16-17-34(27)29(36)37)20-10-13-23(14-11-20)41-28(35)21-12-15-25(39-5)26(18-21)40-22-8-6-7-9-22/h10-18,22,24H,6-9,19H2,1-5H3,(H,36,37). The van der Waals surface area contributed by atoms with Crippen LogP contribution in [0.2, 0.25) is 0 Å². The van der Waals surface area contributed by atoms with E-state index in [0.29, 0.717) is 28.4 Å². The van der Waals surface area contributed by atoms with E-state index in [2.05, 4.69) is 4.98 Å². The molecule has 0 bridgehead atoms. The molecule has 1 aromatic heterocycles. The zero-order valence-electron chi connectivity index (χ0n) is 24.5. The van der Waals surface area contributed by atoms with Crippen LogP contribution in [0, 0.1) is 0 Å². The Morgan fingerprint density at radius 2 is 1.76 bits per heavy atom. The molecule has 42 heavy (non-hydrogen) atoms. The zero-order chi connectivity index (χ0) is 30.4. The van der Waals surface area contributed by atoms with Crippen molar-refractivity contribution < 1.29 is 38.4 Å². The van der Waals surface area contributed by atoms with Gasteiger partial charge in [-0.25, -0.2) is 23.9 Å². The number of carbonyl (C=O) groups is 3. The third-order valence-corrected chi connectivity index (χ3v) is 6.84. The summed E-state index contributed by atoms with van der Waals surface area (Å²) in [5.74, 6) is 0.388. The van der Waals surface area contributed by atoms with Crippen LogP contribution < -0.4 is 14.2 Å². The predicted octanol–water partition coefficient (Wildman–Crippen LogP) is 5.96. The fourth-order valence-electron chi connectivity index (χ4n) is 4.77. The minimum absolute atomic E-state index is 0.0912. The molecule has 1 aliphatic rings. The summed E-state index contributed by atoms with van der Waals surface area (Å²) in [5, 5.41) is 9.67. The lowest BCUT2D eigenvalue weighted by Crippen LogP contribution is -2.37. The average molecular weight is 580 g/mol. The molecule has 224 valence electrons. The third-order valence-electron chi connectivity index (χ3n) is 6.84. The van der Waals surface area contributed by atoms with Gasteiger partial charge in [0, 0.05) is 26.0 Å². The van der Waals surface area contributed by atoms with Crippen LogP contribution in [-0.4, -0.2) is 70.1 Å². The van der Waals surface area contributed by atoms with Gasteiger partial charge in [-0.3, -0.25) is 0 Å². The van der Waals surface area contributed by atoms with E-state index in [1.54, 1.807) is 77.4 Å². The van der Waals surface area contributed by atoms with Crippen LogP contribution in [0.3, 0.4) is 0 Å². The van der Waals surface area contributed by atoms with Gasteiger partial charge in [0.05, 0.1) is 24.7 Å². The van der Waals surface area contributed by atoms with Crippen LogP contribution >= 0.6 is 0 Å². The number of methoxy groups -OCH3 is 1. The smallest absolute Gasteiger partial charge is 0.417 e. The molecule has 4 rings (SSSR count). The molecule has 11 heteroatoms. The van der Waals surface area contributed by atoms with E-state index in [0.717, 1.165) is 30.3 Å². The number of carboxylic acid groups (broad SMARTS) is 1. The van der Waals surface area contributed by atoms with E-state index in [-0.39, 0.29) is 18.5 Å². The van der Waals surface area contributed by atoms with E-state index in [1.807, 2.05) is 0 Å². The summed E-state index contributed by atoms with van der Waals surface area (Å²) >= 11 is 0. The topological polar surface area (TPSA) is 129 Å². The number of hydrogen-bond acceptors (Lipinski definition) is 8. The summed E-state index contributed by atoms with van der Waals surface area (Å²) in [6.45, 7) is 5.39. The van der Waals surface area contributed by atoms with Crippen molar-refractivity contribution >= 4 is 18.2 Å². The number of carbonyl (C=O) groups excluding carboxylic acids is 2. The maximum Gasteiger partial charge on any atom is 0.417 e. The summed E-state index contributed by atoms with van der Waals surface area (Å²) in [4.78, 5) is 43.2. The number of likely N-dealkylation sites (N-methyl/N-ethyl adjacent to an activating group) is 1. The predicted molar refractivity (Wildman–Crippen MR) is 154 cm³/mol. The first-order chi connectivity index (χ1) is 19.9. The summed E-state index contributed by atoms with van der Waals surface area (Å²) < 4.78 is 23.6. The van der Waals surface area contributed by atoms with Gasteiger partial charge in [0.2, 0.25) is 0 Å². The number of hydrogen-bond donors (Lipinski definition) is 1. The molecule has 1 amide bonds. The number of aromatic nitrogens is 2. The summed E-state index contributed by atoms with van der Waals surface area (Å²) in [6.07, 6.45) is 5.22. The lowest BCUT2D eigenvalue weighted by molar-refractivity contribution is 0.0292. The second kappa shape index (κ2) is 13.0. The highest BCUT2D eigenvalue weighted by molar-refractivity contribution is 5.91. The highest BCUT2D eigenvalue weighted by Gasteiger charge is 2.28. The summed E-state index contributed by atoms with van der Waals surface area (Å²) in [6, 6.07) is 11.6. The Morgan fingerprint density at radius 3 is 2.38 bits per heavy atom. The van der Waals surface area contributed by atoms with Crippen LogP contribution in [0.4, 0.5) is 9.59 Å². The van der Waals surface area contributed by atoms with Gasteiger partial charge in [0.15, 0.2) is 11.5 Å². The molecule has 0 spiro atoms. The van der Waals surface area contributed by atoms with Crippen LogP contribution in [0.15, 0.2) is 54.9 Å². The second-order valence-corrected chi connectivity index (χ2v) is 11.2. The molecule has 1 fully saturated rings. The summed E-state index contributed by atoms with van der Waals surface area (Å²) in [5.41, 5.74) is 0.280. The molecule has 0 radical (unpaired) electrons. The van der Waals surface area contributed by atoms with Gasteiger partial charge in [-0.1, -0.05) is 12.1 Å². The van der Waals surface area contributed by atoms with Crippen molar-refractivity contribution in [2.24, 2.45) is 0 Å². The third kappa shape index (κ3) is 7.59. The Balaban J connectivity index is 1.53. The zero-order valence-corrected chi connectivity index (χ0v) is 24.5. The lowest BCUT2D eigenvalue weighted by atomic mass is 9.97. The quantitative estimate of drug-likeness (QED) is 0.241. The molecule has 1 aliphatic carbocycles. The highest BCUT2D eigenvalue weighted by atomic mass is 16.6. The van der Waals surface area contributed by atoms with Crippen LogP contribution in [0.25, 0.3) is 0 Å². The van der Waals surface area contributed by atoms with E-state index in [4.69, 9.17) is 18.9 Å². The Hall–Kier alpha value is -4.54. The molecule has 1 saturated carbocycles. The molecule has 2 aromatic carbocycles. The maximum absolute atomic E-state index is 13.0. The highest BCUT2D eigenvalue weighted by Crippen LogP contribution is 2.33. The number of amides is 1. The van der Waals surface area contributed by atoms with Gasteiger partial charge in [-0.15, -0.1) is 0 Å².